The molecule has 28 heavy (non-hydrogen) atoms. The Kier molecular flexibility index (Phi) is 5.54. The zero-order valence-corrected chi connectivity index (χ0v) is 16.4. The molecule has 6 nitrogen and oxygen atoms in total. The lowest BCUT2D eigenvalue weighted by molar-refractivity contribution is 0.203. The van der Waals surface area contributed by atoms with Crippen molar-refractivity contribution in [1.29, 1.82) is 0 Å². The predicted octanol–water partition coefficient (Wildman–Crippen LogP) is 3.39. The van der Waals surface area contributed by atoms with Gasteiger partial charge < -0.3 is 9.42 Å². The lowest BCUT2D eigenvalue weighted by Gasteiger charge is -2.30. The molecular weight excluding hydrogens is 374 g/mol. The minimum absolute atomic E-state index is 0.139. The number of piperidine rings is 1. The Hall–Kier alpha value is -2.51. The summed E-state index contributed by atoms with van der Waals surface area (Å²) in [6.07, 6.45) is 1.78. The molecule has 3 aromatic rings. The number of nitrogens with zero attached hydrogens (tertiary/aromatic N) is 3. The van der Waals surface area contributed by atoms with Gasteiger partial charge in [0.25, 0.3) is 0 Å². The van der Waals surface area contributed by atoms with Gasteiger partial charge in [-0.1, -0.05) is 53.7 Å². The van der Waals surface area contributed by atoms with Crippen molar-refractivity contribution in [2.45, 2.75) is 23.7 Å². The Labute approximate surface area is 165 Å². The predicted molar refractivity (Wildman–Crippen MR) is 107 cm³/mol. The van der Waals surface area contributed by atoms with Crippen molar-refractivity contribution in [2.75, 3.05) is 25.4 Å². The second-order valence-corrected chi connectivity index (χ2v) is 9.18. The second-order valence-electron chi connectivity index (χ2n) is 7.07. The second kappa shape index (κ2) is 8.24. The van der Waals surface area contributed by atoms with Crippen LogP contribution in [0.25, 0.3) is 11.4 Å². The van der Waals surface area contributed by atoms with Crippen LogP contribution in [0.5, 0.6) is 0 Å². The number of hydrogen-bond donors (Lipinski definition) is 0. The maximum absolute atomic E-state index is 12.4. The van der Waals surface area contributed by atoms with Gasteiger partial charge in [0.15, 0.2) is 9.84 Å². The summed E-state index contributed by atoms with van der Waals surface area (Å²) in [5.41, 5.74) is 0.945. The SMILES string of the molecule is O=S(=O)(CCN1CCC(c2nc(-c3ccccc3)no2)CC1)c1ccccc1. The molecule has 146 valence electrons. The maximum atomic E-state index is 12.4. The van der Waals surface area contributed by atoms with Crippen LogP contribution >= 0.6 is 0 Å². The Balaban J connectivity index is 1.31. The van der Waals surface area contributed by atoms with E-state index in [0.717, 1.165) is 31.5 Å². The largest absolute Gasteiger partial charge is 0.339 e. The standard InChI is InChI=1S/C21H23N3O3S/c25-28(26,19-9-5-2-6-10-19)16-15-24-13-11-18(12-14-24)21-22-20(23-27-21)17-7-3-1-4-8-17/h1-10,18H,11-16H2. The summed E-state index contributed by atoms with van der Waals surface area (Å²) in [5, 5.41) is 4.10. The summed E-state index contributed by atoms with van der Waals surface area (Å²) in [6, 6.07) is 18.4. The third-order valence-corrected chi connectivity index (χ3v) is 6.90. The quantitative estimate of drug-likeness (QED) is 0.635. The number of rotatable bonds is 6. The normalized spacial score (nSPS) is 16.3. The van der Waals surface area contributed by atoms with Crippen molar-refractivity contribution in [2.24, 2.45) is 0 Å². The zero-order chi connectivity index (χ0) is 19.4. The molecule has 0 radical (unpaired) electrons. The molecule has 4 rings (SSSR count). The van der Waals surface area contributed by atoms with Gasteiger partial charge >= 0.3 is 0 Å². The maximum Gasteiger partial charge on any atom is 0.230 e. The van der Waals surface area contributed by atoms with Crippen LogP contribution in [0.4, 0.5) is 0 Å². The minimum Gasteiger partial charge on any atom is -0.339 e. The molecule has 0 aliphatic carbocycles. The molecule has 2 aromatic carbocycles. The molecule has 0 amide bonds. The molecule has 1 aliphatic heterocycles. The topological polar surface area (TPSA) is 76.3 Å². The highest BCUT2D eigenvalue weighted by atomic mass is 32.2. The fraction of sp³-hybridized carbons (Fsp3) is 0.333. The van der Waals surface area contributed by atoms with Crippen LogP contribution in [0.2, 0.25) is 0 Å². The third kappa shape index (κ3) is 4.31. The van der Waals surface area contributed by atoms with Gasteiger partial charge in [-0.2, -0.15) is 4.98 Å². The third-order valence-electron chi connectivity index (χ3n) is 5.19. The number of hydrogen-bond acceptors (Lipinski definition) is 6. The average Bonchev–Trinajstić information content (AvgIpc) is 3.24. The smallest absolute Gasteiger partial charge is 0.230 e. The highest BCUT2D eigenvalue weighted by Crippen LogP contribution is 2.28. The summed E-state index contributed by atoms with van der Waals surface area (Å²) in [4.78, 5) is 7.15. The Morgan fingerprint density at radius 2 is 1.61 bits per heavy atom. The first-order chi connectivity index (χ1) is 13.6. The van der Waals surface area contributed by atoms with Crippen molar-refractivity contribution < 1.29 is 12.9 Å². The molecule has 0 N–H and O–H groups in total. The van der Waals surface area contributed by atoms with E-state index in [1.54, 1.807) is 24.3 Å². The summed E-state index contributed by atoms with van der Waals surface area (Å²) in [6.45, 7) is 2.21. The Morgan fingerprint density at radius 1 is 0.964 bits per heavy atom. The molecule has 1 aliphatic rings. The molecule has 0 atom stereocenters. The molecule has 1 saturated heterocycles. The first-order valence-electron chi connectivity index (χ1n) is 9.51. The summed E-state index contributed by atoms with van der Waals surface area (Å²) in [5.74, 6) is 1.66. The van der Waals surface area contributed by atoms with Crippen molar-refractivity contribution >= 4 is 9.84 Å². The van der Waals surface area contributed by atoms with Gasteiger partial charge in [0.2, 0.25) is 11.7 Å². The van der Waals surface area contributed by atoms with E-state index in [2.05, 4.69) is 15.0 Å². The van der Waals surface area contributed by atoms with Crippen LogP contribution in [0.3, 0.4) is 0 Å². The first-order valence-corrected chi connectivity index (χ1v) is 11.2. The average molecular weight is 398 g/mol. The molecule has 7 heteroatoms. The van der Waals surface area contributed by atoms with Crippen LogP contribution in [-0.4, -0.2) is 48.8 Å². The van der Waals surface area contributed by atoms with Gasteiger partial charge in [-0.25, -0.2) is 8.42 Å². The van der Waals surface area contributed by atoms with Gasteiger partial charge in [0.05, 0.1) is 10.6 Å². The lowest BCUT2D eigenvalue weighted by atomic mass is 9.97. The van der Waals surface area contributed by atoms with E-state index in [1.807, 2.05) is 36.4 Å². The van der Waals surface area contributed by atoms with E-state index in [4.69, 9.17) is 4.52 Å². The number of sulfone groups is 1. The molecule has 1 fully saturated rings. The molecule has 0 saturated carbocycles. The summed E-state index contributed by atoms with van der Waals surface area (Å²) < 4.78 is 30.4. The lowest BCUT2D eigenvalue weighted by Crippen LogP contribution is -2.36. The van der Waals surface area contributed by atoms with Crippen LogP contribution in [0, 0.1) is 0 Å². The number of likely N-dealkylation sites (tertiary alicyclic amines) is 1. The van der Waals surface area contributed by atoms with Gasteiger partial charge in [0, 0.05) is 18.0 Å². The highest BCUT2D eigenvalue weighted by Gasteiger charge is 2.26. The molecule has 1 aromatic heterocycles. The highest BCUT2D eigenvalue weighted by molar-refractivity contribution is 7.91. The monoisotopic (exact) mass is 397 g/mol. The fourth-order valence-electron chi connectivity index (χ4n) is 3.50. The van der Waals surface area contributed by atoms with Crippen molar-refractivity contribution in [3.05, 3.63) is 66.6 Å². The minimum atomic E-state index is -3.24. The van der Waals surface area contributed by atoms with E-state index in [9.17, 15) is 8.42 Å². The van der Waals surface area contributed by atoms with Crippen LogP contribution in [0.1, 0.15) is 24.7 Å². The van der Waals surface area contributed by atoms with Gasteiger partial charge in [-0.15, -0.1) is 0 Å². The molecule has 0 unspecified atom stereocenters. The summed E-state index contributed by atoms with van der Waals surface area (Å²) in [7, 11) is -3.24. The molecule has 0 spiro atoms. The van der Waals surface area contributed by atoms with E-state index in [1.165, 1.54) is 0 Å². The van der Waals surface area contributed by atoms with Crippen LogP contribution in [0.15, 0.2) is 70.1 Å². The van der Waals surface area contributed by atoms with Crippen molar-refractivity contribution in [1.82, 2.24) is 15.0 Å². The van der Waals surface area contributed by atoms with Crippen LogP contribution < -0.4 is 0 Å². The zero-order valence-electron chi connectivity index (χ0n) is 15.6. The number of aromatic nitrogens is 2. The van der Waals surface area contributed by atoms with E-state index < -0.39 is 9.84 Å². The van der Waals surface area contributed by atoms with E-state index in [-0.39, 0.29) is 11.7 Å². The van der Waals surface area contributed by atoms with Crippen molar-refractivity contribution in [3.8, 4) is 11.4 Å². The molecular formula is C21H23N3O3S. The Morgan fingerprint density at radius 3 is 2.29 bits per heavy atom. The molecule has 0 bridgehead atoms. The number of benzene rings is 2. The Bertz CT molecular complexity index is 996. The van der Waals surface area contributed by atoms with Gasteiger partial charge in [-0.3, -0.25) is 0 Å². The van der Waals surface area contributed by atoms with E-state index in [0.29, 0.717) is 23.2 Å². The molecule has 2 heterocycles. The summed E-state index contributed by atoms with van der Waals surface area (Å²) >= 11 is 0. The van der Waals surface area contributed by atoms with Gasteiger partial charge in [0.1, 0.15) is 0 Å². The van der Waals surface area contributed by atoms with Gasteiger partial charge in [-0.05, 0) is 38.1 Å². The van der Waals surface area contributed by atoms with Crippen LogP contribution in [-0.2, 0) is 9.84 Å². The first kappa shape index (κ1) is 18.8. The van der Waals surface area contributed by atoms with E-state index >= 15 is 0 Å². The fourth-order valence-corrected chi connectivity index (χ4v) is 4.81. The van der Waals surface area contributed by atoms with Crippen molar-refractivity contribution in [3.63, 3.8) is 0 Å².